The normalized spacial score (nSPS) is 9.78. The Bertz CT molecular complexity index is 393. The summed E-state index contributed by atoms with van der Waals surface area (Å²) in [5.74, 6) is 0. The number of nitrogens with zero attached hydrogens (tertiary/aromatic N) is 2. The fourth-order valence-corrected chi connectivity index (χ4v) is 1.18. The van der Waals surface area contributed by atoms with Gasteiger partial charge in [0.05, 0.1) is 0 Å². The summed E-state index contributed by atoms with van der Waals surface area (Å²) in [6.07, 6.45) is 2.66. The Morgan fingerprint density at radius 3 is 2.61 bits per heavy atom. The number of rotatable bonds is 6. The number of hydrogen-bond acceptors (Lipinski definition) is 3. The van der Waals surface area contributed by atoms with Crippen molar-refractivity contribution in [2.45, 2.75) is 12.5 Å². The van der Waals surface area contributed by atoms with Gasteiger partial charge in [0, 0.05) is 12.3 Å². The first-order chi connectivity index (χ1) is 7.29. The molecule has 0 fully saturated rings. The average Bonchev–Trinajstić information content (AvgIpc) is 2.25. The molecule has 0 aliphatic rings. The number of aromatic nitrogens is 1. The molecule has 1 aromatic rings. The first-order valence-electron chi connectivity index (χ1n) is 4.35. The summed E-state index contributed by atoms with van der Waals surface area (Å²) >= 11 is 0. The van der Waals surface area contributed by atoms with Crippen molar-refractivity contribution in [1.29, 1.82) is 0 Å². The van der Waals surface area contributed by atoms with Gasteiger partial charge in [-0.3, -0.25) is 9.59 Å². The zero-order valence-corrected chi connectivity index (χ0v) is 11.6. The summed E-state index contributed by atoms with van der Waals surface area (Å²) in [4.78, 5) is 21.4. The van der Waals surface area contributed by atoms with Crippen molar-refractivity contribution in [3.8, 4) is 0 Å². The summed E-state index contributed by atoms with van der Waals surface area (Å²) in [7, 11) is 0. The van der Waals surface area contributed by atoms with Gasteiger partial charge in [0.15, 0.2) is 0 Å². The van der Waals surface area contributed by atoms with Gasteiger partial charge in [-0.05, 0) is 6.07 Å². The van der Waals surface area contributed by atoms with E-state index in [1.807, 2.05) is 0 Å². The summed E-state index contributed by atoms with van der Waals surface area (Å²) in [6, 6.07) is 4.19. The molecule has 0 aliphatic carbocycles. The first kappa shape index (κ1) is 21.9. The Morgan fingerprint density at radius 1 is 1.44 bits per heavy atom. The van der Waals surface area contributed by atoms with Crippen LogP contribution in [-0.4, -0.2) is 17.3 Å². The molecule has 0 bridgehead atoms. The van der Waals surface area contributed by atoms with E-state index in [0.717, 1.165) is 6.21 Å². The Hall–Kier alpha value is -1.38. The smallest absolute Gasteiger partial charge is 0.814 e. The maximum Gasteiger partial charge on any atom is 4.00 e. The second-order valence-electron chi connectivity index (χ2n) is 2.80. The summed E-state index contributed by atoms with van der Waals surface area (Å²) < 4.78 is 5.82. The summed E-state index contributed by atoms with van der Waals surface area (Å²) in [5.41, 5.74) is -0.227. The zero-order chi connectivity index (χ0) is 11.1. The molecule has 1 heterocycles. The second kappa shape index (κ2) is 12.1. The fourth-order valence-electron chi connectivity index (χ4n) is 1.18. The quantitative estimate of drug-likeness (QED) is 0.454. The van der Waals surface area contributed by atoms with Crippen LogP contribution in [0.15, 0.2) is 29.2 Å². The molecule has 0 amide bonds. The molecular formula is C12H16CrN2O3. The largest absolute Gasteiger partial charge is 4.00 e. The van der Waals surface area contributed by atoms with Crippen molar-refractivity contribution in [3.05, 3.63) is 61.6 Å². The van der Waals surface area contributed by atoms with E-state index >= 15 is 0 Å². The van der Waals surface area contributed by atoms with Crippen molar-refractivity contribution in [3.63, 3.8) is 0 Å². The molecular weight excluding hydrogens is 272 g/mol. The van der Waals surface area contributed by atoms with Gasteiger partial charge in [-0.2, -0.15) is 0 Å². The minimum atomic E-state index is -0.492. The predicted molar refractivity (Wildman–Crippen MR) is 68.1 cm³/mol. The topological polar surface area (TPSA) is 70.6 Å². The zero-order valence-electron chi connectivity index (χ0n) is 10.4. The Morgan fingerprint density at radius 2 is 2.11 bits per heavy atom. The number of carbonyl (C=O) groups is 1. The third-order valence-corrected chi connectivity index (χ3v) is 1.85. The number of pyridine rings is 1. The summed E-state index contributed by atoms with van der Waals surface area (Å²) in [5, 5.41) is 8.68. The van der Waals surface area contributed by atoms with Crippen LogP contribution in [0.3, 0.4) is 0 Å². The van der Waals surface area contributed by atoms with Crippen LogP contribution in [0.2, 0.25) is 0 Å². The molecule has 1 aromatic heterocycles. The number of hydrogen-bond donors (Lipinski definition) is 0. The van der Waals surface area contributed by atoms with Gasteiger partial charge in [-0.15, -0.1) is 6.61 Å². The van der Waals surface area contributed by atoms with E-state index in [4.69, 9.17) is 5.41 Å². The van der Waals surface area contributed by atoms with E-state index in [9.17, 15) is 9.59 Å². The third-order valence-electron chi connectivity index (χ3n) is 1.85. The minimum absolute atomic E-state index is 0. The van der Waals surface area contributed by atoms with Crippen molar-refractivity contribution >= 4 is 12.7 Å². The molecule has 0 aliphatic heterocycles. The molecule has 1 unspecified atom stereocenters. The second-order valence-corrected chi connectivity index (χ2v) is 2.80. The minimum Gasteiger partial charge on any atom is -0.814 e. The molecule has 18 heavy (non-hydrogen) atoms. The van der Waals surface area contributed by atoms with Crippen LogP contribution in [0.25, 0.3) is 5.41 Å². The van der Waals surface area contributed by atoms with Crippen molar-refractivity contribution < 1.29 is 26.9 Å². The van der Waals surface area contributed by atoms with Crippen LogP contribution in [0.4, 0.5) is 0 Å². The van der Waals surface area contributed by atoms with E-state index in [2.05, 4.69) is 4.74 Å². The van der Waals surface area contributed by atoms with Crippen LogP contribution in [-0.2, 0) is 26.9 Å². The standard InChI is InChI=1S/C10H10N2O3.2CH3.Cr/c11-5-4-9(7-15-8-13)12-6-2-1-3-10(12)14;;;/h1-3,5-9H,4H2;2*1H3;/q-2;2*-1;+4. The molecule has 0 N–H and O–H groups in total. The van der Waals surface area contributed by atoms with Gasteiger partial charge in [0.25, 0.3) is 6.47 Å². The van der Waals surface area contributed by atoms with E-state index in [0.29, 0.717) is 0 Å². The Kier molecular flexibility index (Phi) is 14.7. The van der Waals surface area contributed by atoms with Gasteiger partial charge in [0.1, 0.15) is 0 Å². The van der Waals surface area contributed by atoms with Gasteiger partial charge in [-0.25, -0.2) is 6.21 Å². The van der Waals surface area contributed by atoms with E-state index < -0.39 is 6.04 Å². The van der Waals surface area contributed by atoms with E-state index in [1.165, 1.54) is 17.2 Å². The van der Waals surface area contributed by atoms with E-state index in [-0.39, 0.29) is 50.7 Å². The Balaban J connectivity index is -0.000000750. The van der Waals surface area contributed by atoms with Crippen LogP contribution in [0.1, 0.15) is 12.5 Å². The van der Waals surface area contributed by atoms with Gasteiger partial charge in [-0.1, -0.05) is 18.5 Å². The Labute approximate surface area is 118 Å². The average molecular weight is 288 g/mol. The molecule has 0 saturated heterocycles. The van der Waals surface area contributed by atoms with Gasteiger partial charge >= 0.3 is 17.4 Å². The molecule has 6 heteroatoms. The predicted octanol–water partition coefficient (Wildman–Crippen LogP) is 1.65. The first-order valence-corrected chi connectivity index (χ1v) is 4.35. The maximum absolute atomic E-state index is 11.4. The monoisotopic (exact) mass is 288 g/mol. The molecule has 5 nitrogen and oxygen atoms in total. The molecule has 1 rings (SSSR count). The SMILES string of the molecule is [CH3-].[CH3-].[Cr+4].[N-]=CCC([CH-]OC=O)n1ccccc1=O. The van der Waals surface area contributed by atoms with Crippen LogP contribution >= 0.6 is 0 Å². The molecule has 0 saturated carbocycles. The molecule has 0 spiro atoms. The summed E-state index contributed by atoms with van der Waals surface area (Å²) in [6.45, 7) is 1.46. The third kappa shape index (κ3) is 6.38. The van der Waals surface area contributed by atoms with Gasteiger partial charge in [0.2, 0.25) is 5.56 Å². The fraction of sp³-hybridized carbons (Fsp3) is 0.167. The van der Waals surface area contributed by atoms with Crippen LogP contribution in [0, 0.1) is 21.5 Å². The molecule has 0 radical (unpaired) electrons. The van der Waals surface area contributed by atoms with Crippen molar-refractivity contribution in [2.24, 2.45) is 0 Å². The van der Waals surface area contributed by atoms with Gasteiger partial charge < -0.3 is 29.6 Å². The van der Waals surface area contributed by atoms with Crippen molar-refractivity contribution in [2.75, 3.05) is 0 Å². The molecule has 1 atom stereocenters. The van der Waals surface area contributed by atoms with Crippen LogP contribution in [0.5, 0.6) is 0 Å². The number of ether oxygens (including phenoxy) is 1. The van der Waals surface area contributed by atoms with E-state index in [1.54, 1.807) is 18.3 Å². The molecule has 0 aromatic carbocycles. The molecule has 98 valence electrons. The maximum atomic E-state index is 11.4. The number of carbonyl (C=O) groups excluding carboxylic acids is 1. The van der Waals surface area contributed by atoms with Crippen LogP contribution < -0.4 is 5.56 Å². The van der Waals surface area contributed by atoms with Crippen molar-refractivity contribution in [1.82, 2.24) is 4.57 Å².